The maximum absolute atomic E-state index is 11.2. The van der Waals surface area contributed by atoms with Gasteiger partial charge >= 0.3 is 6.09 Å². The first kappa shape index (κ1) is 20.0. The van der Waals surface area contributed by atoms with Crippen molar-refractivity contribution >= 4 is 22.9 Å². The van der Waals surface area contributed by atoms with E-state index in [9.17, 15) is 9.90 Å². The van der Waals surface area contributed by atoms with Crippen LogP contribution in [-0.2, 0) is 0 Å². The van der Waals surface area contributed by atoms with Crippen LogP contribution in [0.25, 0.3) is 11.0 Å². The number of carbonyl (C=O) groups is 1. The lowest BCUT2D eigenvalue weighted by molar-refractivity contribution is 0.118. The Kier molecular flexibility index (Phi) is 7.20. The molecule has 144 valence electrons. The number of anilines is 1. The Hall–Kier alpha value is -2.35. The van der Waals surface area contributed by atoms with E-state index in [1.165, 1.54) is 11.2 Å². The maximum Gasteiger partial charge on any atom is 0.407 e. The third-order valence-electron chi connectivity index (χ3n) is 4.85. The van der Waals surface area contributed by atoms with E-state index in [1.807, 2.05) is 19.3 Å². The normalized spacial score (nSPS) is 19.8. The van der Waals surface area contributed by atoms with Gasteiger partial charge in [0.2, 0.25) is 0 Å². The molecule has 0 spiro atoms. The predicted molar refractivity (Wildman–Crippen MR) is 104 cm³/mol. The minimum Gasteiger partial charge on any atom is -0.465 e. The molecule has 1 saturated heterocycles. The molecule has 2 unspecified atom stereocenters. The second-order valence-corrected chi connectivity index (χ2v) is 6.57. The lowest BCUT2D eigenvalue weighted by atomic mass is 9.92. The van der Waals surface area contributed by atoms with Gasteiger partial charge < -0.3 is 25.2 Å². The number of rotatable bonds is 4. The topological polar surface area (TPSA) is 97.4 Å². The monoisotopic (exact) mass is 362 g/mol. The van der Waals surface area contributed by atoms with E-state index in [4.69, 9.17) is 0 Å². The van der Waals surface area contributed by atoms with Gasteiger partial charge in [-0.3, -0.25) is 0 Å². The summed E-state index contributed by atoms with van der Waals surface area (Å²) < 4.78 is 0. The zero-order valence-corrected chi connectivity index (χ0v) is 16.1. The summed E-state index contributed by atoms with van der Waals surface area (Å²) in [6, 6.07) is 2.06. The molecule has 2 aromatic rings. The number of nitrogens with zero attached hydrogens (tertiary/aromatic N) is 4. The molecule has 1 aliphatic heterocycles. The van der Waals surface area contributed by atoms with Crippen molar-refractivity contribution in [1.82, 2.24) is 25.2 Å². The molecule has 8 nitrogen and oxygen atoms in total. The average Bonchev–Trinajstić information content (AvgIpc) is 3.11. The van der Waals surface area contributed by atoms with Crippen molar-refractivity contribution < 1.29 is 9.90 Å². The van der Waals surface area contributed by atoms with Crippen LogP contribution in [0.3, 0.4) is 0 Å². The van der Waals surface area contributed by atoms with Crippen molar-refractivity contribution in [2.45, 2.75) is 33.2 Å². The predicted octanol–water partition coefficient (Wildman–Crippen LogP) is 2.40. The number of H-pyrrole nitrogens is 1. The van der Waals surface area contributed by atoms with Gasteiger partial charge in [-0.15, -0.1) is 0 Å². The van der Waals surface area contributed by atoms with Crippen LogP contribution in [0.4, 0.5) is 10.6 Å². The van der Waals surface area contributed by atoms with E-state index in [0.29, 0.717) is 19.0 Å². The number of aromatic amines is 1. The van der Waals surface area contributed by atoms with Gasteiger partial charge in [0, 0.05) is 26.3 Å². The smallest absolute Gasteiger partial charge is 0.407 e. The zero-order chi connectivity index (χ0) is 19.1. The molecule has 2 aromatic heterocycles. The fraction of sp³-hybridized carbons (Fsp3) is 0.611. The highest BCUT2D eigenvalue weighted by atomic mass is 16.4. The van der Waals surface area contributed by atoms with Crippen LogP contribution < -0.4 is 10.2 Å². The van der Waals surface area contributed by atoms with Gasteiger partial charge in [0.1, 0.15) is 17.8 Å². The quantitative estimate of drug-likeness (QED) is 0.773. The van der Waals surface area contributed by atoms with Crippen LogP contribution in [0, 0.1) is 5.92 Å². The summed E-state index contributed by atoms with van der Waals surface area (Å²) in [6.07, 6.45) is 3.38. The lowest BCUT2D eigenvalue weighted by Crippen LogP contribution is -2.52. The Morgan fingerprint density at radius 1 is 1.42 bits per heavy atom. The molecule has 1 fully saturated rings. The molecule has 3 heterocycles. The summed E-state index contributed by atoms with van der Waals surface area (Å²) >= 11 is 0. The molecule has 0 bridgehead atoms. The minimum absolute atomic E-state index is 0.114. The summed E-state index contributed by atoms with van der Waals surface area (Å²) in [5.41, 5.74) is 0.797. The molecule has 3 N–H and O–H groups in total. The van der Waals surface area contributed by atoms with Gasteiger partial charge in [0.15, 0.2) is 0 Å². The van der Waals surface area contributed by atoms with Crippen LogP contribution in [-0.4, -0.2) is 70.3 Å². The SMILES string of the molecule is CC1CCN(C(=O)O)CC1N(C)c1ncnc2[nH]ccc12.CCNCC. The minimum atomic E-state index is -0.852. The molecular formula is C18H30N6O2. The van der Waals surface area contributed by atoms with Crippen LogP contribution >= 0.6 is 0 Å². The van der Waals surface area contributed by atoms with E-state index in [2.05, 4.69) is 45.9 Å². The van der Waals surface area contributed by atoms with Gasteiger partial charge in [-0.2, -0.15) is 0 Å². The van der Waals surface area contributed by atoms with Crippen molar-refractivity contribution in [2.75, 3.05) is 38.1 Å². The molecule has 2 atom stereocenters. The number of hydrogen-bond acceptors (Lipinski definition) is 5. The third kappa shape index (κ3) is 4.63. The Morgan fingerprint density at radius 2 is 2.15 bits per heavy atom. The van der Waals surface area contributed by atoms with E-state index in [0.717, 1.165) is 36.4 Å². The van der Waals surface area contributed by atoms with Gasteiger partial charge in [-0.05, 0) is 31.5 Å². The number of fused-ring (bicyclic) bond motifs is 1. The Bertz CT molecular complexity index is 702. The molecule has 0 aliphatic carbocycles. The second-order valence-electron chi connectivity index (χ2n) is 6.57. The van der Waals surface area contributed by atoms with Crippen LogP contribution in [0.5, 0.6) is 0 Å². The van der Waals surface area contributed by atoms with Crippen LogP contribution in [0.15, 0.2) is 18.6 Å². The molecular weight excluding hydrogens is 332 g/mol. The van der Waals surface area contributed by atoms with E-state index < -0.39 is 6.09 Å². The molecule has 3 rings (SSSR count). The van der Waals surface area contributed by atoms with Crippen molar-refractivity contribution in [3.8, 4) is 0 Å². The summed E-state index contributed by atoms with van der Waals surface area (Å²) in [5.74, 6) is 1.25. The summed E-state index contributed by atoms with van der Waals surface area (Å²) in [4.78, 5) is 26.4. The van der Waals surface area contributed by atoms with Crippen molar-refractivity contribution in [2.24, 2.45) is 5.92 Å². The second kappa shape index (κ2) is 9.38. The van der Waals surface area contributed by atoms with Crippen LogP contribution in [0.2, 0.25) is 0 Å². The highest BCUT2D eigenvalue weighted by molar-refractivity contribution is 5.87. The van der Waals surface area contributed by atoms with Crippen molar-refractivity contribution in [1.29, 1.82) is 0 Å². The lowest BCUT2D eigenvalue weighted by Gasteiger charge is -2.41. The number of aromatic nitrogens is 3. The van der Waals surface area contributed by atoms with E-state index in [-0.39, 0.29) is 6.04 Å². The summed E-state index contributed by atoms with van der Waals surface area (Å²) in [6.45, 7) is 9.66. The maximum atomic E-state index is 11.2. The average molecular weight is 362 g/mol. The fourth-order valence-electron chi connectivity index (χ4n) is 3.27. The molecule has 1 aliphatic rings. The number of piperidine rings is 1. The van der Waals surface area contributed by atoms with Crippen molar-refractivity contribution in [3.63, 3.8) is 0 Å². The molecule has 26 heavy (non-hydrogen) atoms. The van der Waals surface area contributed by atoms with Crippen LogP contribution in [0.1, 0.15) is 27.2 Å². The molecule has 0 aromatic carbocycles. The first-order valence-corrected chi connectivity index (χ1v) is 9.19. The number of carboxylic acid groups (broad SMARTS) is 1. The number of nitrogens with one attached hydrogen (secondary N) is 2. The van der Waals surface area contributed by atoms with Gasteiger partial charge in [-0.1, -0.05) is 20.8 Å². The summed E-state index contributed by atoms with van der Waals surface area (Å²) in [5, 5.41) is 13.3. The number of likely N-dealkylation sites (tertiary alicyclic amines) is 1. The first-order chi connectivity index (χ1) is 12.5. The Labute approximate surface area is 154 Å². The molecule has 0 saturated carbocycles. The Balaban J connectivity index is 0.000000431. The zero-order valence-electron chi connectivity index (χ0n) is 16.1. The van der Waals surface area contributed by atoms with Crippen molar-refractivity contribution in [3.05, 3.63) is 18.6 Å². The van der Waals surface area contributed by atoms with E-state index in [1.54, 1.807) is 0 Å². The molecule has 8 heteroatoms. The highest BCUT2D eigenvalue weighted by Crippen LogP contribution is 2.28. The first-order valence-electron chi connectivity index (χ1n) is 9.19. The number of amides is 1. The highest BCUT2D eigenvalue weighted by Gasteiger charge is 2.32. The standard InChI is InChI=1S/C14H19N5O2.C4H11N/c1-9-4-6-19(14(20)21)7-11(9)18(2)13-10-3-5-15-12(10)16-8-17-13;1-3-5-4-2/h3,5,8-9,11H,4,6-7H2,1-2H3,(H,20,21)(H,15,16,17);5H,3-4H2,1-2H3. The molecule has 1 amide bonds. The third-order valence-corrected chi connectivity index (χ3v) is 4.85. The van der Waals surface area contributed by atoms with Gasteiger partial charge in [-0.25, -0.2) is 14.8 Å². The fourth-order valence-corrected chi connectivity index (χ4v) is 3.27. The Morgan fingerprint density at radius 3 is 2.77 bits per heavy atom. The van der Waals surface area contributed by atoms with Gasteiger partial charge in [0.25, 0.3) is 0 Å². The molecule has 0 radical (unpaired) electrons. The van der Waals surface area contributed by atoms with E-state index >= 15 is 0 Å². The van der Waals surface area contributed by atoms with Gasteiger partial charge in [0.05, 0.1) is 11.4 Å². The number of hydrogen-bond donors (Lipinski definition) is 3. The largest absolute Gasteiger partial charge is 0.465 e. The number of likely N-dealkylation sites (N-methyl/N-ethyl adjacent to an activating group) is 1. The summed E-state index contributed by atoms with van der Waals surface area (Å²) in [7, 11) is 1.97.